The second kappa shape index (κ2) is 8.52. The SMILES string of the molecule is Cc1ccc(C)c(OCC(O)CN2CCc3ccccc3C2)c1.[Cl-]. The number of ether oxygens (including phenoxy) is 1. The second-order valence-electron chi connectivity index (χ2n) is 6.49. The van der Waals surface area contributed by atoms with E-state index in [4.69, 9.17) is 4.74 Å². The molecule has 0 aliphatic carbocycles. The Labute approximate surface area is 150 Å². The summed E-state index contributed by atoms with van der Waals surface area (Å²) < 4.78 is 5.81. The van der Waals surface area contributed by atoms with E-state index in [0.717, 1.165) is 30.8 Å². The summed E-state index contributed by atoms with van der Waals surface area (Å²) in [6, 6.07) is 14.7. The molecule has 0 fully saturated rings. The Morgan fingerprint density at radius 1 is 1.12 bits per heavy atom. The van der Waals surface area contributed by atoms with Crippen molar-refractivity contribution in [1.82, 2.24) is 4.90 Å². The van der Waals surface area contributed by atoms with Gasteiger partial charge in [-0.25, -0.2) is 0 Å². The predicted molar refractivity (Wildman–Crippen MR) is 92.8 cm³/mol. The highest BCUT2D eigenvalue weighted by Crippen LogP contribution is 2.20. The van der Waals surface area contributed by atoms with Gasteiger partial charge >= 0.3 is 0 Å². The molecule has 4 heteroatoms. The molecule has 1 N–H and O–H groups in total. The van der Waals surface area contributed by atoms with Gasteiger partial charge in [-0.15, -0.1) is 0 Å². The zero-order valence-electron chi connectivity index (χ0n) is 14.3. The first-order chi connectivity index (χ1) is 11.1. The molecule has 0 aromatic heterocycles. The fraction of sp³-hybridized carbons (Fsp3) is 0.400. The van der Waals surface area contributed by atoms with Gasteiger partial charge in [0.2, 0.25) is 0 Å². The molecule has 0 amide bonds. The number of hydrogen-bond donors (Lipinski definition) is 1. The van der Waals surface area contributed by atoms with Crippen LogP contribution < -0.4 is 17.1 Å². The number of nitrogens with zero attached hydrogens (tertiary/aromatic N) is 1. The van der Waals surface area contributed by atoms with Crippen LogP contribution in [0.5, 0.6) is 5.75 Å². The van der Waals surface area contributed by atoms with Crippen LogP contribution in [0.1, 0.15) is 22.3 Å². The second-order valence-corrected chi connectivity index (χ2v) is 6.49. The van der Waals surface area contributed by atoms with Crippen LogP contribution in [-0.2, 0) is 13.0 Å². The summed E-state index contributed by atoms with van der Waals surface area (Å²) in [6.07, 6.45) is 0.584. The van der Waals surface area contributed by atoms with Crippen LogP contribution in [0, 0.1) is 13.8 Å². The van der Waals surface area contributed by atoms with Crippen LogP contribution in [0.15, 0.2) is 42.5 Å². The maximum Gasteiger partial charge on any atom is 0.122 e. The summed E-state index contributed by atoms with van der Waals surface area (Å²) >= 11 is 0. The van der Waals surface area contributed by atoms with Gasteiger partial charge in [0.25, 0.3) is 0 Å². The lowest BCUT2D eigenvalue weighted by Crippen LogP contribution is -3.00. The number of benzene rings is 2. The largest absolute Gasteiger partial charge is 1.00 e. The number of β-amino-alcohol motifs (C(OH)–C–C–N with tert-alkyl or cyclic N) is 1. The van der Waals surface area contributed by atoms with E-state index in [1.54, 1.807) is 0 Å². The normalized spacial score (nSPS) is 15.3. The Balaban J connectivity index is 0.00000208. The smallest absolute Gasteiger partial charge is 0.122 e. The standard InChI is InChI=1S/C20H25NO2.ClH/c1-15-7-8-16(2)20(11-15)23-14-19(22)13-21-10-9-17-5-3-4-6-18(17)12-21;/h3-8,11,19,22H,9-10,12-14H2,1-2H3;1H/p-1. The van der Waals surface area contributed by atoms with E-state index >= 15 is 0 Å². The average Bonchev–Trinajstić information content (AvgIpc) is 2.55. The van der Waals surface area contributed by atoms with Crippen molar-refractivity contribution in [3.63, 3.8) is 0 Å². The number of fused-ring (bicyclic) bond motifs is 1. The number of aryl methyl sites for hydroxylation is 2. The quantitative estimate of drug-likeness (QED) is 0.834. The molecular weight excluding hydrogens is 322 g/mol. The molecule has 0 radical (unpaired) electrons. The minimum Gasteiger partial charge on any atom is -1.00 e. The highest BCUT2D eigenvalue weighted by atomic mass is 35.5. The van der Waals surface area contributed by atoms with Gasteiger partial charge in [-0.2, -0.15) is 0 Å². The van der Waals surface area contributed by atoms with Crippen molar-refractivity contribution in [2.45, 2.75) is 32.9 Å². The zero-order chi connectivity index (χ0) is 16.2. The van der Waals surface area contributed by atoms with Crippen molar-refractivity contribution in [1.29, 1.82) is 0 Å². The van der Waals surface area contributed by atoms with E-state index in [1.165, 1.54) is 16.7 Å². The van der Waals surface area contributed by atoms with Crippen molar-refractivity contribution < 1.29 is 22.3 Å². The number of halogens is 1. The first-order valence-corrected chi connectivity index (χ1v) is 8.29. The summed E-state index contributed by atoms with van der Waals surface area (Å²) in [6.45, 7) is 6.98. The molecule has 0 saturated carbocycles. The lowest BCUT2D eigenvalue weighted by Gasteiger charge is -2.30. The highest BCUT2D eigenvalue weighted by Gasteiger charge is 2.18. The average molecular weight is 347 g/mol. The molecule has 0 saturated heterocycles. The zero-order valence-corrected chi connectivity index (χ0v) is 15.1. The molecule has 130 valence electrons. The van der Waals surface area contributed by atoms with Crippen molar-refractivity contribution in [2.75, 3.05) is 19.7 Å². The molecule has 1 aliphatic rings. The Morgan fingerprint density at radius 3 is 2.67 bits per heavy atom. The van der Waals surface area contributed by atoms with E-state index in [2.05, 4.69) is 41.3 Å². The summed E-state index contributed by atoms with van der Waals surface area (Å²) in [7, 11) is 0. The molecule has 2 aromatic rings. The van der Waals surface area contributed by atoms with E-state index in [0.29, 0.717) is 13.2 Å². The van der Waals surface area contributed by atoms with Crippen LogP contribution in [-0.4, -0.2) is 35.8 Å². The van der Waals surface area contributed by atoms with E-state index in [1.807, 2.05) is 19.9 Å². The molecule has 0 spiro atoms. The van der Waals surface area contributed by atoms with E-state index < -0.39 is 6.10 Å². The summed E-state index contributed by atoms with van der Waals surface area (Å²) in [5.41, 5.74) is 5.09. The lowest BCUT2D eigenvalue weighted by atomic mass is 10.00. The maximum atomic E-state index is 10.3. The van der Waals surface area contributed by atoms with Gasteiger partial charge in [0.15, 0.2) is 0 Å². The molecule has 1 unspecified atom stereocenters. The summed E-state index contributed by atoms with van der Waals surface area (Å²) in [5.74, 6) is 0.869. The van der Waals surface area contributed by atoms with Crippen LogP contribution in [0.4, 0.5) is 0 Å². The molecule has 2 aromatic carbocycles. The van der Waals surface area contributed by atoms with Crippen molar-refractivity contribution >= 4 is 0 Å². The number of hydrogen-bond acceptors (Lipinski definition) is 3. The minimum absolute atomic E-state index is 0. The van der Waals surface area contributed by atoms with Gasteiger partial charge in [0, 0.05) is 19.6 Å². The van der Waals surface area contributed by atoms with Crippen molar-refractivity contribution in [2.24, 2.45) is 0 Å². The van der Waals surface area contributed by atoms with Gasteiger partial charge in [-0.05, 0) is 48.6 Å². The first-order valence-electron chi connectivity index (χ1n) is 8.29. The summed E-state index contributed by atoms with van der Waals surface area (Å²) in [4.78, 5) is 2.31. The van der Waals surface area contributed by atoms with Crippen molar-refractivity contribution in [3.05, 3.63) is 64.7 Å². The van der Waals surface area contributed by atoms with Gasteiger partial charge in [0.05, 0.1) is 0 Å². The fourth-order valence-corrected chi connectivity index (χ4v) is 3.11. The molecular formula is C20H25ClNO2-. The third-order valence-electron chi connectivity index (χ3n) is 4.45. The molecule has 0 bridgehead atoms. The highest BCUT2D eigenvalue weighted by molar-refractivity contribution is 5.36. The molecule has 1 heterocycles. The number of aliphatic hydroxyl groups excluding tert-OH is 1. The molecule has 1 aliphatic heterocycles. The molecule has 1 atom stereocenters. The third kappa shape index (κ3) is 4.73. The Bertz CT molecular complexity index is 674. The third-order valence-corrected chi connectivity index (χ3v) is 4.45. The molecule has 3 rings (SSSR count). The Morgan fingerprint density at radius 2 is 1.88 bits per heavy atom. The maximum absolute atomic E-state index is 10.3. The fourth-order valence-electron chi connectivity index (χ4n) is 3.11. The lowest BCUT2D eigenvalue weighted by molar-refractivity contribution is -0.00000732. The monoisotopic (exact) mass is 346 g/mol. The van der Waals surface area contributed by atoms with Crippen LogP contribution in [0.3, 0.4) is 0 Å². The predicted octanol–water partition coefficient (Wildman–Crippen LogP) is 0.105. The minimum atomic E-state index is -0.472. The number of aliphatic hydroxyl groups is 1. The van der Waals surface area contributed by atoms with Gasteiger partial charge < -0.3 is 22.3 Å². The topological polar surface area (TPSA) is 32.7 Å². The molecule has 24 heavy (non-hydrogen) atoms. The van der Waals surface area contributed by atoms with E-state index in [9.17, 15) is 5.11 Å². The van der Waals surface area contributed by atoms with Gasteiger partial charge in [0.1, 0.15) is 18.5 Å². The first kappa shape index (κ1) is 18.8. The van der Waals surface area contributed by atoms with Gasteiger partial charge in [-0.1, -0.05) is 36.4 Å². The Hall–Kier alpha value is -1.55. The van der Waals surface area contributed by atoms with Crippen molar-refractivity contribution in [3.8, 4) is 5.75 Å². The van der Waals surface area contributed by atoms with Gasteiger partial charge in [-0.3, -0.25) is 4.90 Å². The molecule has 3 nitrogen and oxygen atoms in total. The van der Waals surface area contributed by atoms with Crippen LogP contribution in [0.2, 0.25) is 0 Å². The summed E-state index contributed by atoms with van der Waals surface area (Å²) in [5, 5.41) is 10.3. The van der Waals surface area contributed by atoms with E-state index in [-0.39, 0.29) is 12.4 Å². The Kier molecular flexibility index (Phi) is 6.67. The van der Waals surface area contributed by atoms with Crippen LogP contribution in [0.25, 0.3) is 0 Å². The number of rotatable bonds is 5. The van der Waals surface area contributed by atoms with Crippen LogP contribution >= 0.6 is 0 Å².